The molecule has 1 aliphatic rings. The molecule has 10 heteroatoms. The van der Waals surface area contributed by atoms with E-state index in [1.54, 1.807) is 24.3 Å². The number of carboxylic acids is 1. The molecule has 1 fully saturated rings. The zero-order valence-electron chi connectivity index (χ0n) is 22.0. The molecular formula is C29H35N5O5. The number of carbonyl (C=O) groups is 3. The fourth-order valence-electron chi connectivity index (χ4n) is 4.88. The Kier molecular flexibility index (Phi) is 8.98. The average Bonchev–Trinajstić information content (AvgIpc) is 3.27. The zero-order valence-corrected chi connectivity index (χ0v) is 22.0. The number of nitrogens with one attached hydrogen (secondary N) is 3. The Morgan fingerprint density at radius 1 is 1.05 bits per heavy atom. The van der Waals surface area contributed by atoms with Gasteiger partial charge in [0, 0.05) is 47.2 Å². The SMILES string of the molecule is CCOC(=N)c1ccc2cc(C(=O)NC3CCC(N)CC3)n(Cc3cccc(C(=O)NCCC(=O)O)c3)c2c1. The lowest BCUT2D eigenvalue weighted by atomic mass is 9.92. The first-order chi connectivity index (χ1) is 18.7. The molecule has 6 N–H and O–H groups in total. The van der Waals surface area contributed by atoms with Crippen LogP contribution in [0, 0.1) is 5.41 Å². The molecule has 1 aromatic heterocycles. The Labute approximate surface area is 227 Å². The van der Waals surface area contributed by atoms with Gasteiger partial charge < -0.3 is 30.8 Å². The average molecular weight is 534 g/mol. The molecule has 0 atom stereocenters. The largest absolute Gasteiger partial charge is 0.481 e. The molecule has 39 heavy (non-hydrogen) atoms. The lowest BCUT2D eigenvalue weighted by molar-refractivity contribution is -0.136. The standard InChI is InChI=1S/C29H35N5O5/c1-2-39-27(31)20-7-6-19-15-25(29(38)33-23-10-8-22(30)9-11-23)34(24(19)16-20)17-18-4-3-5-21(14-18)28(37)32-13-12-26(35)36/h3-7,14-16,22-23,31H,2,8-13,17,30H2,1H3,(H,32,37)(H,33,38)(H,35,36). The third-order valence-corrected chi connectivity index (χ3v) is 6.95. The number of amides is 2. The van der Waals surface area contributed by atoms with Gasteiger partial charge in [0.1, 0.15) is 5.69 Å². The molecule has 1 heterocycles. The van der Waals surface area contributed by atoms with Gasteiger partial charge in [-0.15, -0.1) is 0 Å². The minimum atomic E-state index is -0.984. The van der Waals surface area contributed by atoms with E-state index in [1.807, 2.05) is 35.8 Å². The summed E-state index contributed by atoms with van der Waals surface area (Å²) in [6, 6.07) is 14.6. The number of nitrogens with two attached hydrogens (primary N) is 1. The van der Waals surface area contributed by atoms with Gasteiger partial charge in [0.15, 0.2) is 0 Å². The summed E-state index contributed by atoms with van der Waals surface area (Å²) in [4.78, 5) is 36.8. The summed E-state index contributed by atoms with van der Waals surface area (Å²) in [6.45, 7) is 2.54. The second kappa shape index (κ2) is 12.6. The second-order valence-electron chi connectivity index (χ2n) is 9.84. The highest BCUT2D eigenvalue weighted by atomic mass is 16.5. The molecule has 10 nitrogen and oxygen atoms in total. The van der Waals surface area contributed by atoms with Gasteiger partial charge in [0.25, 0.3) is 11.8 Å². The fourth-order valence-corrected chi connectivity index (χ4v) is 4.88. The van der Waals surface area contributed by atoms with Crippen LogP contribution in [0.3, 0.4) is 0 Å². The van der Waals surface area contributed by atoms with E-state index in [4.69, 9.17) is 21.0 Å². The van der Waals surface area contributed by atoms with E-state index in [0.29, 0.717) is 30.0 Å². The molecule has 4 rings (SSSR count). The highest BCUT2D eigenvalue weighted by Gasteiger charge is 2.23. The van der Waals surface area contributed by atoms with Crippen molar-refractivity contribution in [2.75, 3.05) is 13.2 Å². The Morgan fingerprint density at radius 3 is 2.54 bits per heavy atom. The monoisotopic (exact) mass is 533 g/mol. The van der Waals surface area contributed by atoms with Gasteiger partial charge in [-0.2, -0.15) is 0 Å². The predicted octanol–water partition coefficient (Wildman–Crippen LogP) is 3.26. The van der Waals surface area contributed by atoms with Crippen LogP contribution in [-0.2, 0) is 16.1 Å². The first kappa shape index (κ1) is 27.8. The van der Waals surface area contributed by atoms with E-state index >= 15 is 0 Å². The quantitative estimate of drug-likeness (QED) is 0.199. The molecule has 0 saturated heterocycles. The molecule has 0 unspecified atom stereocenters. The number of fused-ring (bicyclic) bond motifs is 1. The number of carboxylic acid groups (broad SMARTS) is 1. The molecule has 1 aliphatic carbocycles. The molecule has 0 spiro atoms. The topological polar surface area (TPSA) is 160 Å². The lowest BCUT2D eigenvalue weighted by Crippen LogP contribution is -2.41. The van der Waals surface area contributed by atoms with Crippen LogP contribution in [0.4, 0.5) is 0 Å². The summed E-state index contributed by atoms with van der Waals surface area (Å²) < 4.78 is 7.28. The molecule has 2 amide bonds. The second-order valence-corrected chi connectivity index (χ2v) is 9.84. The van der Waals surface area contributed by atoms with Crippen molar-refractivity contribution in [3.05, 3.63) is 70.9 Å². The van der Waals surface area contributed by atoms with E-state index in [9.17, 15) is 14.4 Å². The number of benzene rings is 2. The lowest BCUT2D eigenvalue weighted by Gasteiger charge is -2.27. The first-order valence-corrected chi connectivity index (χ1v) is 13.3. The van der Waals surface area contributed by atoms with Crippen LogP contribution >= 0.6 is 0 Å². The van der Waals surface area contributed by atoms with E-state index in [2.05, 4.69) is 10.6 Å². The normalized spacial score (nSPS) is 17.0. The number of hydrogen-bond donors (Lipinski definition) is 5. The van der Waals surface area contributed by atoms with Crippen LogP contribution < -0.4 is 16.4 Å². The van der Waals surface area contributed by atoms with Crippen LogP contribution in [-0.4, -0.2) is 58.6 Å². The molecule has 3 aromatic rings. The van der Waals surface area contributed by atoms with Crippen LogP contribution in [0.25, 0.3) is 10.9 Å². The molecule has 2 aromatic carbocycles. The summed E-state index contributed by atoms with van der Waals surface area (Å²) in [5, 5.41) is 23.7. The molecule has 206 valence electrons. The summed E-state index contributed by atoms with van der Waals surface area (Å²) >= 11 is 0. The predicted molar refractivity (Wildman–Crippen MR) is 148 cm³/mol. The van der Waals surface area contributed by atoms with Gasteiger partial charge in [-0.05, 0) is 68.5 Å². The van der Waals surface area contributed by atoms with Gasteiger partial charge in [0.05, 0.1) is 13.0 Å². The van der Waals surface area contributed by atoms with Gasteiger partial charge >= 0.3 is 5.97 Å². The third kappa shape index (κ3) is 7.02. The maximum absolute atomic E-state index is 13.5. The number of aromatic nitrogens is 1. The summed E-state index contributed by atoms with van der Waals surface area (Å²) in [6.07, 6.45) is 3.26. The van der Waals surface area contributed by atoms with E-state index in [-0.39, 0.29) is 42.8 Å². The van der Waals surface area contributed by atoms with E-state index in [1.165, 1.54) is 0 Å². The van der Waals surface area contributed by atoms with Crippen LogP contribution in [0.5, 0.6) is 0 Å². The van der Waals surface area contributed by atoms with Crippen LogP contribution in [0.1, 0.15) is 71.0 Å². The van der Waals surface area contributed by atoms with Crippen molar-refractivity contribution in [2.45, 2.75) is 57.7 Å². The van der Waals surface area contributed by atoms with Crippen molar-refractivity contribution in [1.82, 2.24) is 15.2 Å². The Bertz CT molecular complexity index is 1370. The number of ether oxygens (including phenoxy) is 1. The van der Waals surface area contributed by atoms with Crippen molar-refractivity contribution in [2.24, 2.45) is 5.73 Å². The zero-order chi connectivity index (χ0) is 27.9. The minimum Gasteiger partial charge on any atom is -0.481 e. The minimum absolute atomic E-state index is 0.0333. The maximum Gasteiger partial charge on any atom is 0.305 e. The van der Waals surface area contributed by atoms with Crippen molar-refractivity contribution in [1.29, 1.82) is 5.41 Å². The summed E-state index contributed by atoms with van der Waals surface area (Å²) in [7, 11) is 0. The van der Waals surface area contributed by atoms with Crippen LogP contribution in [0.15, 0.2) is 48.5 Å². The molecule has 1 saturated carbocycles. The van der Waals surface area contributed by atoms with Crippen molar-refractivity contribution >= 4 is 34.6 Å². The van der Waals surface area contributed by atoms with Crippen LogP contribution in [0.2, 0.25) is 0 Å². The summed E-state index contributed by atoms with van der Waals surface area (Å²) in [5.74, 6) is -1.48. The van der Waals surface area contributed by atoms with Crippen molar-refractivity contribution in [3.63, 3.8) is 0 Å². The Hall–Kier alpha value is -4.18. The molecule has 0 aliphatic heterocycles. The summed E-state index contributed by atoms with van der Waals surface area (Å²) in [5.41, 5.74) is 9.08. The van der Waals surface area contributed by atoms with Crippen molar-refractivity contribution < 1.29 is 24.2 Å². The first-order valence-electron chi connectivity index (χ1n) is 13.3. The van der Waals surface area contributed by atoms with Gasteiger partial charge in [-0.3, -0.25) is 19.8 Å². The van der Waals surface area contributed by atoms with E-state index < -0.39 is 5.97 Å². The van der Waals surface area contributed by atoms with Crippen molar-refractivity contribution in [3.8, 4) is 0 Å². The smallest absolute Gasteiger partial charge is 0.305 e. The molecule has 0 bridgehead atoms. The maximum atomic E-state index is 13.5. The molecular weight excluding hydrogens is 498 g/mol. The number of nitrogens with zero attached hydrogens (tertiary/aromatic N) is 1. The third-order valence-electron chi connectivity index (χ3n) is 6.95. The Balaban J connectivity index is 1.65. The number of carbonyl (C=O) groups excluding carboxylic acids is 2. The highest BCUT2D eigenvalue weighted by molar-refractivity contribution is 6.01. The Morgan fingerprint density at radius 2 is 1.82 bits per heavy atom. The molecule has 0 radical (unpaired) electrons. The van der Waals surface area contributed by atoms with Gasteiger partial charge in [0.2, 0.25) is 5.90 Å². The van der Waals surface area contributed by atoms with Gasteiger partial charge in [-0.1, -0.05) is 18.2 Å². The fraction of sp³-hybridized carbons (Fsp3) is 0.379. The number of hydrogen-bond acceptors (Lipinski definition) is 6. The van der Waals surface area contributed by atoms with Gasteiger partial charge in [-0.25, -0.2) is 0 Å². The number of aliphatic carboxylic acids is 1. The number of rotatable bonds is 10. The van der Waals surface area contributed by atoms with E-state index in [0.717, 1.165) is 42.1 Å². The highest BCUT2D eigenvalue weighted by Crippen LogP contribution is 2.25.